The lowest BCUT2D eigenvalue weighted by Gasteiger charge is -1.85. The van der Waals surface area contributed by atoms with E-state index in [4.69, 9.17) is 4.42 Å². The van der Waals surface area contributed by atoms with Crippen LogP contribution in [0, 0.1) is 0 Å². The minimum absolute atomic E-state index is 0.707. The van der Waals surface area contributed by atoms with Crippen molar-refractivity contribution in [2.75, 3.05) is 0 Å². The highest BCUT2D eigenvalue weighted by Gasteiger charge is 2.06. The Hall–Kier alpha value is -2.10. The molecule has 14 heavy (non-hydrogen) atoms. The average molecular weight is 185 g/mol. The quantitative estimate of drug-likeness (QED) is 0.632. The maximum Gasteiger partial charge on any atom is 0.178 e. The Labute approximate surface area is 79.6 Å². The topological polar surface area (TPSA) is 54.7 Å². The maximum atomic E-state index is 5.23. The number of pyridine rings is 1. The van der Waals surface area contributed by atoms with Crippen molar-refractivity contribution in [1.29, 1.82) is 0 Å². The molecule has 0 radical (unpaired) electrons. The maximum absolute atomic E-state index is 5.23. The van der Waals surface area contributed by atoms with E-state index in [2.05, 4.69) is 15.0 Å². The van der Waals surface area contributed by atoms with Gasteiger partial charge in [0.25, 0.3) is 0 Å². The fourth-order valence-corrected chi connectivity index (χ4v) is 1.38. The van der Waals surface area contributed by atoms with Crippen LogP contribution in [0.5, 0.6) is 0 Å². The van der Waals surface area contributed by atoms with Gasteiger partial charge in [0.05, 0.1) is 11.8 Å². The minimum Gasteiger partial charge on any atom is -0.461 e. The number of hydrogen-bond acceptors (Lipinski definition) is 3. The van der Waals surface area contributed by atoms with E-state index >= 15 is 0 Å². The predicted molar refractivity (Wildman–Crippen MR) is 51.6 cm³/mol. The van der Waals surface area contributed by atoms with Gasteiger partial charge in [-0.15, -0.1) is 0 Å². The molecule has 3 heterocycles. The van der Waals surface area contributed by atoms with E-state index in [1.807, 2.05) is 24.3 Å². The van der Waals surface area contributed by atoms with Crippen molar-refractivity contribution in [3.63, 3.8) is 0 Å². The smallest absolute Gasteiger partial charge is 0.178 e. The second kappa shape index (κ2) is 2.70. The Kier molecular flexibility index (Phi) is 1.41. The van der Waals surface area contributed by atoms with E-state index in [9.17, 15) is 0 Å². The van der Waals surface area contributed by atoms with E-state index in [0.717, 1.165) is 11.3 Å². The lowest BCUT2D eigenvalue weighted by atomic mass is 10.4. The summed E-state index contributed by atoms with van der Waals surface area (Å²) in [5, 5.41) is 0. The van der Waals surface area contributed by atoms with Crippen LogP contribution in [0.25, 0.3) is 22.7 Å². The molecular formula is C10H7N3O. The SMILES string of the molecule is c1coc(-c2nc3ncccc3[nH]2)c1. The van der Waals surface area contributed by atoms with Crippen molar-refractivity contribution >= 4 is 11.2 Å². The molecule has 0 aliphatic carbocycles. The number of H-pyrrole nitrogens is 1. The van der Waals surface area contributed by atoms with Gasteiger partial charge in [0.2, 0.25) is 0 Å². The van der Waals surface area contributed by atoms with Crippen LogP contribution in [0.2, 0.25) is 0 Å². The van der Waals surface area contributed by atoms with Gasteiger partial charge in [-0.1, -0.05) is 0 Å². The molecule has 3 aromatic heterocycles. The number of nitrogens with zero attached hydrogens (tertiary/aromatic N) is 2. The summed E-state index contributed by atoms with van der Waals surface area (Å²) < 4.78 is 5.23. The highest BCUT2D eigenvalue weighted by atomic mass is 16.3. The molecule has 0 amide bonds. The highest BCUT2D eigenvalue weighted by Crippen LogP contribution is 2.18. The molecule has 0 saturated carbocycles. The van der Waals surface area contributed by atoms with Gasteiger partial charge in [0, 0.05) is 6.20 Å². The van der Waals surface area contributed by atoms with Gasteiger partial charge < -0.3 is 9.40 Å². The summed E-state index contributed by atoms with van der Waals surface area (Å²) in [5.74, 6) is 1.44. The molecular weight excluding hydrogens is 178 g/mol. The average Bonchev–Trinajstić information content (AvgIpc) is 2.86. The summed E-state index contributed by atoms with van der Waals surface area (Å²) in [6.45, 7) is 0. The van der Waals surface area contributed by atoms with Crippen molar-refractivity contribution in [2.45, 2.75) is 0 Å². The molecule has 0 unspecified atom stereocenters. The number of nitrogens with one attached hydrogen (secondary N) is 1. The Balaban J connectivity index is 2.24. The van der Waals surface area contributed by atoms with Crippen molar-refractivity contribution < 1.29 is 4.42 Å². The van der Waals surface area contributed by atoms with E-state index in [0.29, 0.717) is 11.5 Å². The molecule has 4 nitrogen and oxygen atoms in total. The zero-order valence-electron chi connectivity index (χ0n) is 7.27. The van der Waals surface area contributed by atoms with E-state index in [1.54, 1.807) is 12.5 Å². The van der Waals surface area contributed by atoms with Gasteiger partial charge in [-0.3, -0.25) is 0 Å². The highest BCUT2D eigenvalue weighted by molar-refractivity contribution is 5.74. The van der Waals surface area contributed by atoms with Crippen molar-refractivity contribution in [2.24, 2.45) is 0 Å². The Morgan fingerprint density at radius 3 is 3.00 bits per heavy atom. The van der Waals surface area contributed by atoms with Crippen molar-refractivity contribution in [3.8, 4) is 11.6 Å². The first-order valence-corrected chi connectivity index (χ1v) is 4.28. The van der Waals surface area contributed by atoms with Gasteiger partial charge >= 0.3 is 0 Å². The zero-order valence-corrected chi connectivity index (χ0v) is 7.27. The van der Waals surface area contributed by atoms with Crippen LogP contribution in [0.4, 0.5) is 0 Å². The summed E-state index contributed by atoms with van der Waals surface area (Å²) in [5.41, 5.74) is 1.62. The molecule has 0 fully saturated rings. The lowest BCUT2D eigenvalue weighted by Crippen LogP contribution is -1.74. The standard InChI is InChI=1S/C10H7N3O/c1-3-7-9(11-5-1)13-10(12-7)8-4-2-6-14-8/h1-6H,(H,11,12,13). The van der Waals surface area contributed by atoms with Crippen LogP contribution in [0.3, 0.4) is 0 Å². The largest absolute Gasteiger partial charge is 0.461 e. The lowest BCUT2D eigenvalue weighted by molar-refractivity contribution is 0.578. The number of fused-ring (bicyclic) bond motifs is 1. The summed E-state index contributed by atoms with van der Waals surface area (Å²) in [6.07, 6.45) is 3.34. The van der Waals surface area contributed by atoms with E-state index in [-0.39, 0.29) is 0 Å². The summed E-state index contributed by atoms with van der Waals surface area (Å²) >= 11 is 0. The molecule has 0 spiro atoms. The summed E-state index contributed by atoms with van der Waals surface area (Å²) in [4.78, 5) is 11.6. The first-order valence-electron chi connectivity index (χ1n) is 4.28. The number of imidazole rings is 1. The molecule has 0 aromatic carbocycles. The molecule has 3 aromatic rings. The number of furan rings is 1. The molecule has 0 bridgehead atoms. The normalized spacial score (nSPS) is 10.9. The molecule has 1 N–H and O–H groups in total. The van der Waals surface area contributed by atoms with Crippen molar-refractivity contribution in [3.05, 3.63) is 36.7 Å². The summed E-state index contributed by atoms with van der Waals surface area (Å²) in [6, 6.07) is 7.49. The minimum atomic E-state index is 0.707. The first-order chi connectivity index (χ1) is 6.93. The van der Waals surface area contributed by atoms with Gasteiger partial charge in [0.1, 0.15) is 0 Å². The van der Waals surface area contributed by atoms with Crippen LogP contribution < -0.4 is 0 Å². The monoisotopic (exact) mass is 185 g/mol. The third-order valence-corrected chi connectivity index (χ3v) is 2.01. The molecule has 0 atom stereocenters. The van der Waals surface area contributed by atoms with Crippen LogP contribution in [0.15, 0.2) is 41.1 Å². The second-order valence-electron chi connectivity index (χ2n) is 2.94. The zero-order chi connectivity index (χ0) is 9.38. The van der Waals surface area contributed by atoms with Gasteiger partial charge in [0.15, 0.2) is 17.2 Å². The van der Waals surface area contributed by atoms with Crippen molar-refractivity contribution in [1.82, 2.24) is 15.0 Å². The fraction of sp³-hybridized carbons (Fsp3) is 0. The molecule has 0 saturated heterocycles. The van der Waals surface area contributed by atoms with E-state index < -0.39 is 0 Å². The Bertz CT molecular complexity index is 521. The van der Waals surface area contributed by atoms with Gasteiger partial charge in [-0.2, -0.15) is 0 Å². The molecule has 0 aliphatic heterocycles. The molecule has 0 aliphatic rings. The van der Waals surface area contributed by atoms with Gasteiger partial charge in [-0.05, 0) is 24.3 Å². The predicted octanol–water partition coefficient (Wildman–Crippen LogP) is 2.22. The van der Waals surface area contributed by atoms with Crippen LogP contribution in [0.1, 0.15) is 0 Å². The van der Waals surface area contributed by atoms with Crippen LogP contribution in [-0.2, 0) is 0 Å². The molecule has 68 valence electrons. The molecule has 4 heteroatoms. The summed E-state index contributed by atoms with van der Waals surface area (Å²) in [7, 11) is 0. The van der Waals surface area contributed by atoms with E-state index in [1.165, 1.54) is 0 Å². The van der Waals surface area contributed by atoms with Crippen LogP contribution >= 0.6 is 0 Å². The Morgan fingerprint density at radius 1 is 1.21 bits per heavy atom. The first kappa shape index (κ1) is 7.32. The van der Waals surface area contributed by atoms with Crippen LogP contribution in [-0.4, -0.2) is 15.0 Å². The number of aromatic nitrogens is 3. The molecule has 3 rings (SSSR count). The number of aromatic amines is 1. The number of rotatable bonds is 1. The third-order valence-electron chi connectivity index (χ3n) is 2.01. The second-order valence-corrected chi connectivity index (χ2v) is 2.94. The Morgan fingerprint density at radius 2 is 2.21 bits per heavy atom. The third kappa shape index (κ3) is 1.01. The van der Waals surface area contributed by atoms with Gasteiger partial charge in [-0.25, -0.2) is 9.97 Å². The fourth-order valence-electron chi connectivity index (χ4n) is 1.38. The number of hydrogen-bond donors (Lipinski definition) is 1.